The third kappa shape index (κ3) is 1.87. The van der Waals surface area contributed by atoms with Gasteiger partial charge in [-0.1, -0.05) is 34.1 Å². The summed E-state index contributed by atoms with van der Waals surface area (Å²) >= 11 is 3.42. The van der Waals surface area contributed by atoms with Gasteiger partial charge in [0.1, 0.15) is 0 Å². The van der Waals surface area contributed by atoms with Crippen molar-refractivity contribution >= 4 is 33.1 Å². The number of carbonyl (C=O) groups is 1. The quantitative estimate of drug-likeness (QED) is 0.699. The number of nitrogens with one attached hydrogen (secondary N) is 1. The fraction of sp³-hybridized carbons (Fsp3) is 0. The Morgan fingerprint density at radius 2 is 1.72 bits per heavy atom. The first-order chi connectivity index (χ1) is 8.78. The number of hydrogen-bond acceptors (Lipinski definition) is 1. The van der Waals surface area contributed by atoms with Crippen molar-refractivity contribution in [3.05, 3.63) is 58.7 Å². The van der Waals surface area contributed by atoms with Crippen LogP contribution < -0.4 is 0 Å². The molecule has 0 radical (unpaired) electrons. The Balaban J connectivity index is 2.17. The highest BCUT2D eigenvalue weighted by Gasteiger charge is 2.05. The molecule has 2 nitrogen and oxygen atoms in total. The molecule has 0 atom stereocenters. The van der Waals surface area contributed by atoms with Gasteiger partial charge >= 0.3 is 0 Å². The van der Waals surface area contributed by atoms with Crippen molar-refractivity contribution in [1.82, 2.24) is 4.98 Å². The summed E-state index contributed by atoms with van der Waals surface area (Å²) < 4.78 is 1.06. The number of carbonyl (C=O) groups excluding carboxylic acids is 1. The molecule has 0 fully saturated rings. The third-order valence-corrected chi connectivity index (χ3v) is 3.55. The fourth-order valence-electron chi connectivity index (χ4n) is 2.06. The zero-order valence-electron chi connectivity index (χ0n) is 9.48. The van der Waals surface area contributed by atoms with E-state index in [0.29, 0.717) is 5.56 Å². The van der Waals surface area contributed by atoms with Crippen LogP contribution in [0.3, 0.4) is 0 Å². The molecule has 0 aliphatic carbocycles. The molecule has 0 bridgehead atoms. The lowest BCUT2D eigenvalue weighted by Crippen LogP contribution is -1.79. The predicted octanol–water partition coefficient (Wildman–Crippen LogP) is 4.41. The summed E-state index contributed by atoms with van der Waals surface area (Å²) in [5.74, 6) is 0. The molecule has 0 unspecified atom stereocenters. The van der Waals surface area contributed by atoms with E-state index in [0.717, 1.165) is 32.8 Å². The highest BCUT2D eigenvalue weighted by Crippen LogP contribution is 2.26. The van der Waals surface area contributed by atoms with E-state index >= 15 is 0 Å². The summed E-state index contributed by atoms with van der Waals surface area (Å²) in [6.07, 6.45) is 2.62. The van der Waals surface area contributed by atoms with Gasteiger partial charge < -0.3 is 4.98 Å². The highest BCUT2D eigenvalue weighted by molar-refractivity contribution is 9.10. The molecule has 1 heterocycles. The maximum absolute atomic E-state index is 10.9. The van der Waals surface area contributed by atoms with Gasteiger partial charge in [-0.3, -0.25) is 4.79 Å². The van der Waals surface area contributed by atoms with Crippen LogP contribution >= 0.6 is 15.9 Å². The second kappa shape index (κ2) is 4.42. The summed E-state index contributed by atoms with van der Waals surface area (Å²) in [6.45, 7) is 0. The first kappa shape index (κ1) is 11.2. The average Bonchev–Trinajstić information content (AvgIpc) is 2.81. The molecule has 0 aliphatic rings. The van der Waals surface area contributed by atoms with E-state index in [1.54, 1.807) is 6.20 Å². The van der Waals surface area contributed by atoms with Gasteiger partial charge in [0.05, 0.1) is 0 Å². The van der Waals surface area contributed by atoms with Crippen LogP contribution in [0.4, 0.5) is 0 Å². The van der Waals surface area contributed by atoms with Crippen LogP contribution in [0.2, 0.25) is 0 Å². The minimum atomic E-state index is 0.698. The van der Waals surface area contributed by atoms with Gasteiger partial charge in [-0.15, -0.1) is 0 Å². The molecule has 2 aromatic carbocycles. The average molecular weight is 300 g/mol. The van der Waals surface area contributed by atoms with Gasteiger partial charge in [-0.05, 0) is 35.4 Å². The largest absolute Gasteiger partial charge is 0.360 e. The smallest absolute Gasteiger partial charge is 0.152 e. The van der Waals surface area contributed by atoms with Crippen molar-refractivity contribution < 1.29 is 4.79 Å². The monoisotopic (exact) mass is 299 g/mol. The van der Waals surface area contributed by atoms with Crippen molar-refractivity contribution in [2.24, 2.45) is 0 Å². The summed E-state index contributed by atoms with van der Waals surface area (Å²) in [5, 5.41) is 0.963. The third-order valence-electron chi connectivity index (χ3n) is 3.02. The Morgan fingerprint density at radius 1 is 1.00 bits per heavy atom. The number of aromatic amines is 1. The zero-order chi connectivity index (χ0) is 12.5. The Labute approximate surface area is 113 Å². The van der Waals surface area contributed by atoms with Gasteiger partial charge in [0.25, 0.3) is 0 Å². The Hall–Kier alpha value is -1.87. The molecule has 1 aromatic heterocycles. The molecule has 3 heteroatoms. The lowest BCUT2D eigenvalue weighted by molar-refractivity contribution is 0.112. The molecule has 0 saturated heterocycles. The minimum absolute atomic E-state index is 0.698. The number of halogens is 1. The zero-order valence-corrected chi connectivity index (χ0v) is 11.1. The summed E-state index contributed by atoms with van der Waals surface area (Å²) in [5.41, 5.74) is 3.93. The Kier molecular flexibility index (Phi) is 2.76. The second-order valence-electron chi connectivity index (χ2n) is 4.13. The van der Waals surface area contributed by atoms with Crippen molar-refractivity contribution in [3.8, 4) is 11.1 Å². The molecule has 3 aromatic rings. The van der Waals surface area contributed by atoms with Crippen molar-refractivity contribution in [2.45, 2.75) is 0 Å². The predicted molar refractivity (Wildman–Crippen MR) is 76.8 cm³/mol. The molecule has 0 aliphatic heterocycles. The van der Waals surface area contributed by atoms with Crippen LogP contribution in [0, 0.1) is 0 Å². The molecule has 0 amide bonds. The van der Waals surface area contributed by atoms with Crippen LogP contribution in [-0.2, 0) is 0 Å². The van der Waals surface area contributed by atoms with E-state index < -0.39 is 0 Å². The fourth-order valence-corrected chi connectivity index (χ4v) is 2.33. The van der Waals surface area contributed by atoms with Gasteiger partial charge in [0.15, 0.2) is 6.29 Å². The van der Waals surface area contributed by atoms with Crippen LogP contribution in [0.25, 0.3) is 22.0 Å². The number of H-pyrrole nitrogens is 1. The first-order valence-corrected chi connectivity index (χ1v) is 6.39. The van der Waals surface area contributed by atoms with Crippen LogP contribution in [0.1, 0.15) is 10.4 Å². The van der Waals surface area contributed by atoms with E-state index in [4.69, 9.17) is 0 Å². The molecular formula is C15H10BrNO. The number of aldehydes is 1. The molecule has 0 spiro atoms. The van der Waals surface area contributed by atoms with E-state index in [9.17, 15) is 4.79 Å². The maximum atomic E-state index is 10.9. The molecule has 18 heavy (non-hydrogen) atoms. The summed E-state index contributed by atoms with van der Waals surface area (Å²) in [7, 11) is 0. The topological polar surface area (TPSA) is 32.9 Å². The van der Waals surface area contributed by atoms with E-state index in [1.807, 2.05) is 24.3 Å². The number of hydrogen-bond donors (Lipinski definition) is 1. The number of rotatable bonds is 2. The number of fused-ring (bicyclic) bond motifs is 1. The number of aromatic nitrogens is 1. The highest BCUT2D eigenvalue weighted by atomic mass is 79.9. The van der Waals surface area contributed by atoms with E-state index in [1.165, 1.54) is 0 Å². The Morgan fingerprint density at radius 3 is 2.44 bits per heavy atom. The SMILES string of the molecule is O=Cc1c[nH]c2ccc(-c3ccc(Br)cc3)cc12. The molecule has 88 valence electrons. The normalized spacial score (nSPS) is 10.7. The maximum Gasteiger partial charge on any atom is 0.152 e. The summed E-state index contributed by atoms with van der Waals surface area (Å²) in [4.78, 5) is 14.0. The van der Waals surface area contributed by atoms with Crippen LogP contribution in [0.5, 0.6) is 0 Å². The van der Waals surface area contributed by atoms with E-state index in [2.05, 4.69) is 39.1 Å². The van der Waals surface area contributed by atoms with Gasteiger partial charge in [-0.2, -0.15) is 0 Å². The minimum Gasteiger partial charge on any atom is -0.360 e. The molecule has 0 saturated carbocycles. The van der Waals surface area contributed by atoms with Gasteiger partial charge in [0, 0.05) is 27.1 Å². The van der Waals surface area contributed by atoms with Crippen molar-refractivity contribution in [1.29, 1.82) is 0 Å². The lowest BCUT2D eigenvalue weighted by Gasteiger charge is -2.02. The molecule has 3 rings (SSSR count). The van der Waals surface area contributed by atoms with Crippen molar-refractivity contribution in [2.75, 3.05) is 0 Å². The van der Waals surface area contributed by atoms with Crippen LogP contribution in [0.15, 0.2) is 53.1 Å². The van der Waals surface area contributed by atoms with Crippen molar-refractivity contribution in [3.63, 3.8) is 0 Å². The summed E-state index contributed by atoms with van der Waals surface area (Å²) in [6, 6.07) is 14.2. The van der Waals surface area contributed by atoms with Gasteiger partial charge in [-0.25, -0.2) is 0 Å². The first-order valence-electron chi connectivity index (χ1n) is 5.60. The van der Waals surface area contributed by atoms with Gasteiger partial charge in [0.2, 0.25) is 0 Å². The standard InChI is InChI=1S/C15H10BrNO/c16-13-4-1-10(2-5-13)11-3-6-15-14(7-11)12(9-18)8-17-15/h1-9,17H. The van der Waals surface area contributed by atoms with E-state index in [-0.39, 0.29) is 0 Å². The van der Waals surface area contributed by atoms with Crippen LogP contribution in [-0.4, -0.2) is 11.3 Å². The second-order valence-corrected chi connectivity index (χ2v) is 5.04. The lowest BCUT2D eigenvalue weighted by atomic mass is 10.0. The molecule has 1 N–H and O–H groups in total. The number of benzene rings is 2. The Bertz CT molecular complexity index is 713. The molecular weight excluding hydrogens is 290 g/mol.